The maximum Gasteiger partial charge on any atom is 0.311 e. The van der Waals surface area contributed by atoms with Gasteiger partial charge >= 0.3 is 5.97 Å². The number of hydrogen-bond donors (Lipinski definition) is 0. The maximum atomic E-state index is 12.0. The molecule has 0 fully saturated rings. The number of nitro benzene ring substituents is 1. The summed E-state index contributed by atoms with van der Waals surface area (Å²) < 4.78 is 5.40. The normalized spacial score (nSPS) is 11.5. The van der Waals surface area contributed by atoms with E-state index in [0.29, 0.717) is 24.3 Å². The Morgan fingerprint density at radius 2 is 1.95 bits per heavy atom. The fraction of sp³-hybridized carbons (Fsp3) is 0.471. The molecule has 1 rings (SSSR count). The first-order chi connectivity index (χ1) is 10.4. The van der Waals surface area contributed by atoms with E-state index in [2.05, 4.69) is 11.8 Å². The molecule has 118 valence electrons. The molecule has 0 aliphatic carbocycles. The van der Waals surface area contributed by atoms with E-state index >= 15 is 0 Å². The lowest BCUT2D eigenvalue weighted by Gasteiger charge is -2.14. The highest BCUT2D eigenvalue weighted by molar-refractivity contribution is 5.73. The van der Waals surface area contributed by atoms with E-state index in [0.717, 1.165) is 0 Å². The molecule has 0 heterocycles. The molecule has 0 spiro atoms. The van der Waals surface area contributed by atoms with E-state index in [1.807, 2.05) is 20.8 Å². The van der Waals surface area contributed by atoms with Gasteiger partial charge in [-0.15, -0.1) is 0 Å². The van der Waals surface area contributed by atoms with Gasteiger partial charge in [0.05, 0.1) is 11.3 Å². The standard InChI is InChI=1S/C17H21NO4/c1-4-5-6-16(11-13(2)3)22-17(19)12-14-7-9-15(10-8-14)18(20)21/h7-10,13,16H,4,11-12H2,1-3H3. The first kappa shape index (κ1) is 17.7. The van der Waals surface area contributed by atoms with Gasteiger partial charge in [0.2, 0.25) is 0 Å². The monoisotopic (exact) mass is 303 g/mol. The lowest BCUT2D eigenvalue weighted by atomic mass is 10.1. The van der Waals surface area contributed by atoms with Gasteiger partial charge < -0.3 is 4.74 Å². The van der Waals surface area contributed by atoms with Crippen molar-refractivity contribution in [3.8, 4) is 11.8 Å². The number of rotatable bonds is 6. The third-order valence-corrected chi connectivity index (χ3v) is 2.89. The van der Waals surface area contributed by atoms with Gasteiger partial charge in [-0.25, -0.2) is 0 Å². The second kappa shape index (κ2) is 8.83. The Bertz CT molecular complexity index is 567. The molecule has 1 atom stereocenters. The molecule has 1 aromatic carbocycles. The van der Waals surface area contributed by atoms with Gasteiger partial charge in [-0.2, -0.15) is 0 Å². The summed E-state index contributed by atoms with van der Waals surface area (Å²) in [6.45, 7) is 6.04. The summed E-state index contributed by atoms with van der Waals surface area (Å²) in [5.41, 5.74) is 0.686. The highest BCUT2D eigenvalue weighted by Gasteiger charge is 2.15. The van der Waals surface area contributed by atoms with E-state index in [9.17, 15) is 14.9 Å². The molecule has 0 amide bonds. The molecule has 1 unspecified atom stereocenters. The number of carbonyl (C=O) groups excluding carboxylic acids is 1. The van der Waals surface area contributed by atoms with Crippen molar-refractivity contribution in [1.82, 2.24) is 0 Å². The fourth-order valence-corrected chi connectivity index (χ4v) is 1.88. The number of nitrogens with zero attached hydrogens (tertiary/aromatic N) is 1. The average molecular weight is 303 g/mol. The van der Waals surface area contributed by atoms with E-state index < -0.39 is 11.0 Å². The van der Waals surface area contributed by atoms with Gasteiger partial charge in [-0.3, -0.25) is 14.9 Å². The van der Waals surface area contributed by atoms with Crippen LogP contribution in [0.2, 0.25) is 0 Å². The lowest BCUT2D eigenvalue weighted by molar-refractivity contribution is -0.384. The van der Waals surface area contributed by atoms with Gasteiger partial charge in [0.15, 0.2) is 6.10 Å². The van der Waals surface area contributed by atoms with Crippen LogP contribution < -0.4 is 0 Å². The van der Waals surface area contributed by atoms with Gasteiger partial charge in [0, 0.05) is 18.6 Å². The molecule has 0 radical (unpaired) electrons. The molecule has 0 aromatic heterocycles. The molecule has 0 saturated heterocycles. The molecule has 5 nitrogen and oxygen atoms in total. The third kappa shape index (κ3) is 6.40. The molecule has 22 heavy (non-hydrogen) atoms. The average Bonchev–Trinajstić information content (AvgIpc) is 2.44. The lowest BCUT2D eigenvalue weighted by Crippen LogP contribution is -2.20. The van der Waals surface area contributed by atoms with Crippen LogP contribution >= 0.6 is 0 Å². The van der Waals surface area contributed by atoms with Crippen LogP contribution in [0.3, 0.4) is 0 Å². The Balaban J connectivity index is 2.64. The summed E-state index contributed by atoms with van der Waals surface area (Å²) >= 11 is 0. The zero-order valence-electron chi connectivity index (χ0n) is 13.2. The molecule has 1 aromatic rings. The SMILES string of the molecule is CCC#CC(CC(C)C)OC(=O)Cc1ccc([N+](=O)[O-])cc1. The summed E-state index contributed by atoms with van der Waals surface area (Å²) in [4.78, 5) is 22.1. The molecule has 0 aliphatic rings. The first-order valence-electron chi connectivity index (χ1n) is 7.33. The Morgan fingerprint density at radius 3 is 2.45 bits per heavy atom. The second-order valence-electron chi connectivity index (χ2n) is 5.38. The first-order valence-corrected chi connectivity index (χ1v) is 7.33. The summed E-state index contributed by atoms with van der Waals surface area (Å²) in [5, 5.41) is 10.6. The van der Waals surface area contributed by atoms with Gasteiger partial charge in [-0.1, -0.05) is 44.7 Å². The minimum absolute atomic E-state index is 0.00335. The zero-order valence-corrected chi connectivity index (χ0v) is 13.2. The Kier molecular flexibility index (Phi) is 7.11. The van der Waals surface area contributed by atoms with Gasteiger partial charge in [0.25, 0.3) is 5.69 Å². The Hall–Kier alpha value is -2.35. The fourth-order valence-electron chi connectivity index (χ4n) is 1.88. The Labute approximate surface area is 130 Å². The molecule has 0 bridgehead atoms. The van der Waals surface area contributed by atoms with E-state index in [4.69, 9.17) is 4.74 Å². The number of benzene rings is 1. The van der Waals surface area contributed by atoms with Crippen LogP contribution in [-0.4, -0.2) is 17.0 Å². The largest absolute Gasteiger partial charge is 0.449 e. The number of non-ortho nitro benzene ring substituents is 1. The van der Waals surface area contributed by atoms with Crippen LogP contribution in [0.15, 0.2) is 24.3 Å². The maximum absolute atomic E-state index is 12.0. The third-order valence-electron chi connectivity index (χ3n) is 2.89. The molecule has 0 N–H and O–H groups in total. The number of ether oxygens (including phenoxy) is 1. The topological polar surface area (TPSA) is 69.4 Å². The highest BCUT2D eigenvalue weighted by Crippen LogP contribution is 2.14. The minimum atomic E-state index is -0.471. The van der Waals surface area contributed by atoms with Crippen molar-refractivity contribution in [1.29, 1.82) is 0 Å². The number of hydrogen-bond acceptors (Lipinski definition) is 4. The molecule has 0 saturated carbocycles. The summed E-state index contributed by atoms with van der Waals surface area (Å²) in [6.07, 6.45) is 1.10. The van der Waals surface area contributed by atoms with Crippen molar-refractivity contribution in [2.75, 3.05) is 0 Å². The van der Waals surface area contributed by atoms with Gasteiger partial charge in [-0.05, 0) is 17.9 Å². The predicted molar refractivity (Wildman–Crippen MR) is 84.2 cm³/mol. The summed E-state index contributed by atoms with van der Waals surface area (Å²) in [5.74, 6) is 5.91. The smallest absolute Gasteiger partial charge is 0.311 e. The van der Waals surface area contributed by atoms with Crippen LogP contribution in [0, 0.1) is 27.9 Å². The highest BCUT2D eigenvalue weighted by atomic mass is 16.6. The van der Waals surface area contributed by atoms with Crippen molar-refractivity contribution in [2.45, 2.75) is 46.1 Å². The quantitative estimate of drug-likeness (QED) is 0.349. The van der Waals surface area contributed by atoms with E-state index in [1.54, 1.807) is 12.1 Å². The molecular weight excluding hydrogens is 282 g/mol. The van der Waals surface area contributed by atoms with Crippen LogP contribution in [0.1, 0.15) is 39.2 Å². The Morgan fingerprint density at radius 1 is 1.32 bits per heavy atom. The van der Waals surface area contributed by atoms with Crippen LogP contribution in [0.25, 0.3) is 0 Å². The van der Waals surface area contributed by atoms with Crippen LogP contribution in [0.5, 0.6) is 0 Å². The number of carbonyl (C=O) groups is 1. The molecule has 0 aliphatic heterocycles. The van der Waals surface area contributed by atoms with Crippen molar-refractivity contribution >= 4 is 11.7 Å². The predicted octanol–water partition coefficient (Wildman–Crippen LogP) is 3.51. The van der Waals surface area contributed by atoms with E-state index in [1.165, 1.54) is 12.1 Å². The van der Waals surface area contributed by atoms with E-state index in [-0.39, 0.29) is 18.1 Å². The van der Waals surface area contributed by atoms with Crippen molar-refractivity contribution < 1.29 is 14.5 Å². The summed E-state index contributed by atoms with van der Waals surface area (Å²) in [7, 11) is 0. The van der Waals surface area contributed by atoms with Crippen LogP contribution in [-0.2, 0) is 16.0 Å². The zero-order chi connectivity index (χ0) is 16.5. The van der Waals surface area contributed by atoms with Crippen molar-refractivity contribution in [3.63, 3.8) is 0 Å². The van der Waals surface area contributed by atoms with Crippen LogP contribution in [0.4, 0.5) is 5.69 Å². The molecular formula is C17H21NO4. The summed E-state index contributed by atoms with van der Waals surface area (Å²) in [6, 6.07) is 5.89. The minimum Gasteiger partial charge on any atom is -0.449 e. The number of nitro groups is 1. The molecule has 5 heteroatoms. The number of esters is 1. The van der Waals surface area contributed by atoms with Crippen molar-refractivity contribution in [2.24, 2.45) is 5.92 Å². The van der Waals surface area contributed by atoms with Gasteiger partial charge in [0.1, 0.15) is 0 Å². The van der Waals surface area contributed by atoms with Crippen molar-refractivity contribution in [3.05, 3.63) is 39.9 Å². The second-order valence-corrected chi connectivity index (χ2v) is 5.38.